The molecule has 1 aromatic rings. The molecule has 0 saturated carbocycles. The average molecular weight is 278 g/mol. The van der Waals surface area contributed by atoms with E-state index in [-0.39, 0.29) is 4.90 Å². The van der Waals surface area contributed by atoms with E-state index in [9.17, 15) is 18.3 Å². The number of halogens is 1. The van der Waals surface area contributed by atoms with E-state index >= 15 is 0 Å². The molecule has 0 amide bonds. The average Bonchev–Trinajstić information content (AvgIpc) is 2.02. The van der Waals surface area contributed by atoms with Crippen molar-refractivity contribution in [3.63, 3.8) is 0 Å². The van der Waals surface area contributed by atoms with Crippen LogP contribution in [0.2, 0.25) is 0 Å². The van der Waals surface area contributed by atoms with Gasteiger partial charge in [-0.15, -0.1) is 0 Å². The monoisotopic (exact) mass is 277 g/mol. The summed E-state index contributed by atoms with van der Waals surface area (Å²) < 4.78 is 23.4. The summed E-state index contributed by atoms with van der Waals surface area (Å²) in [5, 5.41) is 10.2. The minimum Gasteiger partial charge on any atom is -0.549 e. The lowest BCUT2D eigenvalue weighted by molar-refractivity contribution is -0.301. The van der Waals surface area contributed by atoms with Crippen LogP contribution < -0.4 is 5.11 Å². The van der Waals surface area contributed by atoms with E-state index in [0.717, 1.165) is 4.47 Å². The summed E-state index contributed by atoms with van der Waals surface area (Å²) in [5.41, 5.74) is 0. The van der Waals surface area contributed by atoms with Crippen molar-refractivity contribution in [3.8, 4) is 0 Å². The quantitative estimate of drug-likeness (QED) is 0.778. The second-order valence-electron chi connectivity index (χ2n) is 2.59. The van der Waals surface area contributed by atoms with Crippen LogP contribution in [0.15, 0.2) is 33.6 Å². The topological polar surface area (TPSA) is 74.3 Å². The fourth-order valence-corrected chi connectivity index (χ4v) is 2.17. The molecular formula is C8H6BrO4S-. The summed E-state index contributed by atoms with van der Waals surface area (Å²) in [4.78, 5) is 10.1. The molecule has 0 saturated heterocycles. The van der Waals surface area contributed by atoms with E-state index in [1.54, 1.807) is 0 Å². The lowest BCUT2D eigenvalue weighted by Crippen LogP contribution is -2.30. The molecule has 76 valence electrons. The number of hydrogen-bond donors (Lipinski definition) is 0. The first-order valence-corrected chi connectivity index (χ1v) is 6.04. The van der Waals surface area contributed by atoms with Crippen molar-refractivity contribution >= 4 is 31.7 Å². The van der Waals surface area contributed by atoms with Crippen LogP contribution in [-0.2, 0) is 14.6 Å². The number of hydrogen-bond acceptors (Lipinski definition) is 4. The Bertz CT molecular complexity index is 435. The second-order valence-corrected chi connectivity index (χ2v) is 5.49. The van der Waals surface area contributed by atoms with Gasteiger partial charge in [0.1, 0.15) is 0 Å². The molecule has 0 unspecified atom stereocenters. The van der Waals surface area contributed by atoms with E-state index in [2.05, 4.69) is 15.9 Å². The Morgan fingerprint density at radius 3 is 2.21 bits per heavy atom. The van der Waals surface area contributed by atoms with Crippen molar-refractivity contribution < 1.29 is 18.3 Å². The Kier molecular flexibility index (Phi) is 3.28. The van der Waals surface area contributed by atoms with E-state index < -0.39 is 21.6 Å². The molecule has 0 atom stereocenters. The standard InChI is InChI=1S/C8H7BrO4S/c9-6-1-3-7(4-2-6)14(12,13)5-8(10)11/h1-4H,5H2,(H,10,11)/p-1. The van der Waals surface area contributed by atoms with Gasteiger partial charge in [-0.2, -0.15) is 0 Å². The van der Waals surface area contributed by atoms with Crippen molar-refractivity contribution in [1.29, 1.82) is 0 Å². The summed E-state index contributed by atoms with van der Waals surface area (Å²) in [6.07, 6.45) is 0. The van der Waals surface area contributed by atoms with Crippen LogP contribution in [-0.4, -0.2) is 20.1 Å². The van der Waals surface area contributed by atoms with Crippen LogP contribution in [0.1, 0.15) is 0 Å². The van der Waals surface area contributed by atoms with Gasteiger partial charge in [0.15, 0.2) is 9.84 Å². The van der Waals surface area contributed by atoms with Crippen molar-refractivity contribution in [2.24, 2.45) is 0 Å². The lowest BCUT2D eigenvalue weighted by atomic mass is 10.4. The maximum absolute atomic E-state index is 11.3. The first kappa shape index (κ1) is 11.2. The molecule has 14 heavy (non-hydrogen) atoms. The highest BCUT2D eigenvalue weighted by Crippen LogP contribution is 2.15. The number of benzene rings is 1. The summed E-state index contributed by atoms with van der Waals surface area (Å²) in [6.45, 7) is 0. The van der Waals surface area contributed by atoms with Gasteiger partial charge in [0.25, 0.3) is 0 Å². The van der Waals surface area contributed by atoms with E-state index in [1.165, 1.54) is 24.3 Å². The van der Waals surface area contributed by atoms with E-state index in [1.807, 2.05) is 0 Å². The minimum atomic E-state index is -3.76. The van der Waals surface area contributed by atoms with Gasteiger partial charge >= 0.3 is 0 Å². The Morgan fingerprint density at radius 1 is 1.29 bits per heavy atom. The molecule has 1 rings (SSSR count). The van der Waals surface area contributed by atoms with Gasteiger partial charge in [0.2, 0.25) is 0 Å². The molecule has 0 aliphatic rings. The number of carboxylic acids is 1. The Labute approximate surface area is 89.6 Å². The van der Waals surface area contributed by atoms with Crippen molar-refractivity contribution in [3.05, 3.63) is 28.7 Å². The maximum Gasteiger partial charge on any atom is 0.183 e. The van der Waals surface area contributed by atoms with Crippen LogP contribution in [0, 0.1) is 0 Å². The van der Waals surface area contributed by atoms with Gasteiger partial charge in [-0.1, -0.05) is 15.9 Å². The molecule has 0 N–H and O–H groups in total. The lowest BCUT2D eigenvalue weighted by Gasteiger charge is -2.04. The largest absolute Gasteiger partial charge is 0.549 e. The van der Waals surface area contributed by atoms with E-state index in [0.29, 0.717) is 0 Å². The molecule has 0 bridgehead atoms. The number of rotatable bonds is 3. The van der Waals surface area contributed by atoms with Gasteiger partial charge < -0.3 is 9.90 Å². The summed E-state index contributed by atoms with van der Waals surface area (Å²) in [7, 11) is -3.76. The summed E-state index contributed by atoms with van der Waals surface area (Å²) in [5.74, 6) is -2.60. The summed E-state index contributed by atoms with van der Waals surface area (Å²) >= 11 is 3.14. The van der Waals surface area contributed by atoms with Gasteiger partial charge in [0, 0.05) is 4.47 Å². The van der Waals surface area contributed by atoms with Crippen molar-refractivity contribution in [2.75, 3.05) is 5.75 Å². The molecule has 0 heterocycles. The molecule has 0 radical (unpaired) electrons. The van der Waals surface area contributed by atoms with Gasteiger partial charge in [-0.05, 0) is 24.3 Å². The number of sulfone groups is 1. The first-order valence-electron chi connectivity index (χ1n) is 3.60. The van der Waals surface area contributed by atoms with Gasteiger partial charge in [-0.25, -0.2) is 8.42 Å². The second kappa shape index (κ2) is 4.10. The number of aliphatic carboxylic acids is 1. The molecular weight excluding hydrogens is 272 g/mol. The zero-order chi connectivity index (χ0) is 10.8. The zero-order valence-corrected chi connectivity index (χ0v) is 9.34. The first-order chi connectivity index (χ1) is 6.42. The predicted molar refractivity (Wildman–Crippen MR) is 51.2 cm³/mol. The molecule has 0 aromatic heterocycles. The highest BCUT2D eigenvalue weighted by Gasteiger charge is 2.13. The van der Waals surface area contributed by atoms with Crippen LogP contribution in [0.3, 0.4) is 0 Å². The smallest absolute Gasteiger partial charge is 0.183 e. The van der Waals surface area contributed by atoms with Crippen LogP contribution >= 0.6 is 15.9 Å². The van der Waals surface area contributed by atoms with Gasteiger partial charge in [0.05, 0.1) is 16.6 Å². The minimum absolute atomic E-state index is 0.0232. The normalized spacial score (nSPS) is 11.2. The maximum atomic E-state index is 11.3. The fraction of sp³-hybridized carbons (Fsp3) is 0.125. The molecule has 4 nitrogen and oxygen atoms in total. The molecule has 0 aliphatic carbocycles. The van der Waals surface area contributed by atoms with E-state index in [4.69, 9.17) is 0 Å². The highest BCUT2D eigenvalue weighted by molar-refractivity contribution is 9.10. The SMILES string of the molecule is O=C([O-])CS(=O)(=O)c1ccc(Br)cc1. The Morgan fingerprint density at radius 2 is 1.79 bits per heavy atom. The van der Waals surface area contributed by atoms with Gasteiger partial charge in [-0.3, -0.25) is 0 Å². The van der Waals surface area contributed by atoms with Crippen molar-refractivity contribution in [1.82, 2.24) is 0 Å². The highest BCUT2D eigenvalue weighted by atomic mass is 79.9. The molecule has 6 heteroatoms. The van der Waals surface area contributed by atoms with Crippen LogP contribution in [0.5, 0.6) is 0 Å². The number of carboxylic acid groups (broad SMARTS) is 1. The fourth-order valence-electron chi connectivity index (χ4n) is 0.880. The van der Waals surface area contributed by atoms with Crippen LogP contribution in [0.25, 0.3) is 0 Å². The molecule has 1 aromatic carbocycles. The number of carbonyl (C=O) groups excluding carboxylic acids is 1. The molecule has 0 aliphatic heterocycles. The third-order valence-corrected chi connectivity index (χ3v) is 3.62. The number of carbonyl (C=O) groups is 1. The molecule has 0 spiro atoms. The summed E-state index contributed by atoms with van der Waals surface area (Å²) in [6, 6.07) is 5.73. The van der Waals surface area contributed by atoms with Crippen molar-refractivity contribution in [2.45, 2.75) is 4.90 Å². The third kappa shape index (κ3) is 2.81. The Balaban J connectivity index is 3.05. The third-order valence-electron chi connectivity index (χ3n) is 1.48. The van der Waals surface area contributed by atoms with Crippen LogP contribution in [0.4, 0.5) is 0 Å². The predicted octanol–water partition coefficient (Wildman–Crippen LogP) is -0.0273. The zero-order valence-electron chi connectivity index (χ0n) is 6.94. The Hall–Kier alpha value is -0.880. The molecule has 0 fully saturated rings.